The Morgan fingerprint density at radius 3 is 2.82 bits per heavy atom. The van der Waals surface area contributed by atoms with E-state index >= 15 is 0 Å². The fourth-order valence-electron chi connectivity index (χ4n) is 3.32. The molecule has 0 unspecified atom stereocenters. The maximum absolute atomic E-state index is 13.9. The number of anilines is 3. The molecule has 1 aromatic carbocycles. The predicted octanol–water partition coefficient (Wildman–Crippen LogP) is 4.73. The highest BCUT2D eigenvalue weighted by Crippen LogP contribution is 2.30. The lowest BCUT2D eigenvalue weighted by Gasteiger charge is -2.30. The summed E-state index contributed by atoms with van der Waals surface area (Å²) in [4.78, 5) is 15.4. The third-order valence-electron chi connectivity index (χ3n) is 4.74. The van der Waals surface area contributed by atoms with Crippen LogP contribution >= 0.6 is 11.6 Å². The van der Waals surface area contributed by atoms with Crippen molar-refractivity contribution >= 4 is 28.8 Å². The molecule has 3 aromatic rings. The molecule has 0 aliphatic carbocycles. The van der Waals surface area contributed by atoms with Crippen molar-refractivity contribution in [1.82, 2.24) is 15.0 Å². The van der Waals surface area contributed by atoms with Crippen LogP contribution in [0.2, 0.25) is 5.15 Å². The topological polar surface area (TPSA) is 53.9 Å². The van der Waals surface area contributed by atoms with Gasteiger partial charge in [0.05, 0.1) is 17.6 Å². The highest BCUT2D eigenvalue weighted by atomic mass is 35.5. The fourth-order valence-corrected chi connectivity index (χ4v) is 3.53. The molecular weight excluding hydrogens is 384 g/mol. The molecule has 28 heavy (non-hydrogen) atoms. The quantitative estimate of drug-likeness (QED) is 0.643. The molecule has 1 aliphatic rings. The van der Waals surface area contributed by atoms with Gasteiger partial charge in [-0.2, -0.15) is 0 Å². The van der Waals surface area contributed by atoms with Crippen LogP contribution in [0.3, 0.4) is 0 Å². The number of fused-ring (bicyclic) bond motifs is 1. The van der Waals surface area contributed by atoms with Gasteiger partial charge in [0.2, 0.25) is 0 Å². The van der Waals surface area contributed by atoms with E-state index in [2.05, 4.69) is 25.2 Å². The maximum Gasteiger partial charge on any atom is 0.182 e. The summed E-state index contributed by atoms with van der Waals surface area (Å²) in [5.41, 5.74) is 3.48. The largest absolute Gasteiger partial charge is 0.352 e. The summed E-state index contributed by atoms with van der Waals surface area (Å²) in [5, 5.41) is 3.35. The van der Waals surface area contributed by atoms with Crippen LogP contribution < -0.4 is 10.2 Å². The number of aromatic nitrogens is 3. The van der Waals surface area contributed by atoms with Gasteiger partial charge in [-0.15, -0.1) is 0 Å². The Hall–Kier alpha value is -2.80. The lowest BCUT2D eigenvalue weighted by atomic mass is 10.0. The van der Waals surface area contributed by atoms with Crippen LogP contribution in [-0.4, -0.2) is 21.5 Å². The predicted molar refractivity (Wildman–Crippen MR) is 105 cm³/mol. The fraction of sp³-hybridized carbons (Fsp3) is 0.250. The summed E-state index contributed by atoms with van der Waals surface area (Å²) in [6, 6.07) is 5.93. The molecular formula is C20H18ClF2N5. The van der Waals surface area contributed by atoms with Crippen molar-refractivity contribution in [3.8, 4) is 0 Å². The van der Waals surface area contributed by atoms with Gasteiger partial charge < -0.3 is 10.2 Å². The number of halogens is 3. The molecule has 3 heterocycles. The standard InChI is InChI=1S/C20H18ClF2N5/c1-11-19(21)25-12(2)26-20(11)28-7-6-16-13(10-28)8-14(9-24-16)27-17-5-3-4-15(22)18(17)23/h3-5,8-9,27H,6-7,10H2,1-2H3. The molecule has 8 heteroatoms. The van der Waals surface area contributed by atoms with Gasteiger partial charge in [0.1, 0.15) is 16.8 Å². The van der Waals surface area contributed by atoms with Crippen LogP contribution in [0.5, 0.6) is 0 Å². The molecule has 4 rings (SSSR count). The zero-order chi connectivity index (χ0) is 19.8. The summed E-state index contributed by atoms with van der Waals surface area (Å²) in [6.45, 7) is 5.06. The van der Waals surface area contributed by atoms with Crippen LogP contribution in [0.25, 0.3) is 0 Å². The van der Waals surface area contributed by atoms with Crippen molar-refractivity contribution in [2.75, 3.05) is 16.8 Å². The minimum Gasteiger partial charge on any atom is -0.352 e. The van der Waals surface area contributed by atoms with Crippen LogP contribution in [0.4, 0.5) is 26.0 Å². The van der Waals surface area contributed by atoms with E-state index in [1.807, 2.05) is 19.9 Å². The van der Waals surface area contributed by atoms with E-state index in [9.17, 15) is 8.78 Å². The average Bonchev–Trinajstić information content (AvgIpc) is 2.68. The lowest BCUT2D eigenvalue weighted by Crippen LogP contribution is -2.32. The minimum atomic E-state index is -0.913. The van der Waals surface area contributed by atoms with Crippen LogP contribution in [0.15, 0.2) is 30.5 Å². The molecule has 0 bridgehead atoms. The normalized spacial score (nSPS) is 13.4. The first-order chi connectivity index (χ1) is 13.4. The summed E-state index contributed by atoms with van der Waals surface area (Å²) < 4.78 is 27.4. The molecule has 0 radical (unpaired) electrons. The third kappa shape index (κ3) is 3.49. The first-order valence-electron chi connectivity index (χ1n) is 8.87. The van der Waals surface area contributed by atoms with Gasteiger partial charge >= 0.3 is 0 Å². The Morgan fingerprint density at radius 2 is 2.00 bits per heavy atom. The molecule has 0 amide bonds. The molecule has 144 valence electrons. The highest BCUT2D eigenvalue weighted by molar-refractivity contribution is 6.30. The van der Waals surface area contributed by atoms with E-state index in [0.717, 1.165) is 41.7 Å². The number of benzene rings is 1. The Bertz CT molecular complexity index is 1060. The van der Waals surface area contributed by atoms with Crippen LogP contribution in [-0.2, 0) is 13.0 Å². The molecule has 0 saturated heterocycles. The second kappa shape index (κ2) is 7.31. The van der Waals surface area contributed by atoms with Crippen molar-refractivity contribution < 1.29 is 8.78 Å². The Morgan fingerprint density at radius 1 is 1.18 bits per heavy atom. The average molecular weight is 402 g/mol. The number of nitrogens with one attached hydrogen (secondary N) is 1. The molecule has 0 spiro atoms. The molecule has 1 aliphatic heterocycles. The van der Waals surface area contributed by atoms with Crippen molar-refractivity contribution in [2.24, 2.45) is 0 Å². The van der Waals surface area contributed by atoms with E-state index < -0.39 is 11.6 Å². The third-order valence-corrected chi connectivity index (χ3v) is 5.11. The smallest absolute Gasteiger partial charge is 0.182 e. The number of hydrogen-bond donors (Lipinski definition) is 1. The molecule has 1 N–H and O–H groups in total. The van der Waals surface area contributed by atoms with Crippen LogP contribution in [0.1, 0.15) is 22.6 Å². The van der Waals surface area contributed by atoms with E-state index in [0.29, 0.717) is 23.2 Å². The SMILES string of the molecule is Cc1nc(Cl)c(C)c(N2CCc3ncc(Nc4cccc(F)c4F)cc3C2)n1. The van der Waals surface area contributed by atoms with Gasteiger partial charge in [0.15, 0.2) is 11.6 Å². The van der Waals surface area contributed by atoms with Gasteiger partial charge in [-0.25, -0.2) is 18.7 Å². The second-order valence-electron chi connectivity index (χ2n) is 6.74. The number of hydrogen-bond acceptors (Lipinski definition) is 5. The number of pyridine rings is 1. The Balaban J connectivity index is 1.62. The van der Waals surface area contributed by atoms with E-state index in [-0.39, 0.29) is 5.69 Å². The molecule has 2 aromatic heterocycles. The number of nitrogens with zero attached hydrogens (tertiary/aromatic N) is 4. The summed E-state index contributed by atoms with van der Waals surface area (Å²) in [7, 11) is 0. The molecule has 0 saturated carbocycles. The lowest BCUT2D eigenvalue weighted by molar-refractivity contribution is 0.512. The van der Waals surface area contributed by atoms with Gasteiger partial charge in [-0.05, 0) is 37.6 Å². The summed E-state index contributed by atoms with van der Waals surface area (Å²) in [6.07, 6.45) is 2.39. The van der Waals surface area contributed by atoms with E-state index in [1.54, 1.807) is 6.20 Å². The number of rotatable bonds is 3. The first-order valence-corrected chi connectivity index (χ1v) is 9.24. The Kier molecular flexibility index (Phi) is 4.85. The minimum absolute atomic E-state index is 0.0727. The van der Waals surface area contributed by atoms with Crippen molar-refractivity contribution in [1.29, 1.82) is 0 Å². The van der Waals surface area contributed by atoms with Gasteiger partial charge in [-0.3, -0.25) is 4.98 Å². The van der Waals surface area contributed by atoms with E-state index in [4.69, 9.17) is 11.6 Å². The first kappa shape index (κ1) is 18.6. The maximum atomic E-state index is 13.9. The van der Waals surface area contributed by atoms with Crippen molar-refractivity contribution in [2.45, 2.75) is 26.8 Å². The molecule has 0 fully saturated rings. The monoisotopic (exact) mass is 401 g/mol. The summed E-state index contributed by atoms with van der Waals surface area (Å²) >= 11 is 6.22. The van der Waals surface area contributed by atoms with Gasteiger partial charge in [0.25, 0.3) is 0 Å². The highest BCUT2D eigenvalue weighted by Gasteiger charge is 2.22. The molecule has 0 atom stereocenters. The zero-order valence-electron chi connectivity index (χ0n) is 15.4. The van der Waals surface area contributed by atoms with Gasteiger partial charge in [-0.1, -0.05) is 17.7 Å². The summed E-state index contributed by atoms with van der Waals surface area (Å²) in [5.74, 6) is -0.388. The zero-order valence-corrected chi connectivity index (χ0v) is 16.2. The van der Waals surface area contributed by atoms with Gasteiger partial charge in [0, 0.05) is 30.8 Å². The second-order valence-corrected chi connectivity index (χ2v) is 7.10. The van der Waals surface area contributed by atoms with Crippen LogP contribution in [0, 0.1) is 25.5 Å². The molecule has 5 nitrogen and oxygen atoms in total. The van der Waals surface area contributed by atoms with Crippen molar-refractivity contribution in [3.63, 3.8) is 0 Å². The van der Waals surface area contributed by atoms with E-state index in [1.165, 1.54) is 12.1 Å². The number of aryl methyl sites for hydroxylation is 1. The van der Waals surface area contributed by atoms with Crippen molar-refractivity contribution in [3.05, 3.63) is 69.9 Å². The Labute approximate surface area is 166 Å².